The molecule has 0 heterocycles. The fourth-order valence-electron chi connectivity index (χ4n) is 1.82. The van der Waals surface area contributed by atoms with Crippen molar-refractivity contribution >= 4 is 11.7 Å². The summed E-state index contributed by atoms with van der Waals surface area (Å²) >= 11 is 0. The van der Waals surface area contributed by atoms with Gasteiger partial charge in [-0.15, -0.1) is 0 Å². The lowest BCUT2D eigenvalue weighted by Crippen LogP contribution is -2.38. The molecule has 0 spiro atoms. The van der Waals surface area contributed by atoms with E-state index >= 15 is 0 Å². The summed E-state index contributed by atoms with van der Waals surface area (Å²) in [6.45, 7) is 5.20. The molecular weight excluding hydrogens is 278 g/mol. The maximum absolute atomic E-state index is 13.0. The standard InChI is InChI=1S/C15H20F2N2O2/c1-3-18-10(2)9-19-15(21)7-6-14(20)11-4-5-12(16)13(17)8-11/h4-5,8,10,18H,3,6-7,9H2,1-2H3,(H,19,21)/t10-/m1/s1. The summed E-state index contributed by atoms with van der Waals surface area (Å²) in [4.78, 5) is 23.4. The lowest BCUT2D eigenvalue weighted by Gasteiger charge is -2.13. The molecule has 1 aromatic carbocycles. The van der Waals surface area contributed by atoms with Gasteiger partial charge < -0.3 is 10.6 Å². The van der Waals surface area contributed by atoms with Gasteiger partial charge in [-0.1, -0.05) is 6.92 Å². The number of carbonyl (C=O) groups is 2. The molecule has 0 aliphatic heterocycles. The third-order valence-electron chi connectivity index (χ3n) is 2.98. The Labute approximate surface area is 122 Å². The highest BCUT2D eigenvalue weighted by Gasteiger charge is 2.12. The van der Waals surface area contributed by atoms with Gasteiger partial charge in [0.15, 0.2) is 17.4 Å². The van der Waals surface area contributed by atoms with E-state index in [2.05, 4.69) is 10.6 Å². The lowest BCUT2D eigenvalue weighted by atomic mass is 10.1. The largest absolute Gasteiger partial charge is 0.355 e. The second-order valence-electron chi connectivity index (χ2n) is 4.81. The van der Waals surface area contributed by atoms with Gasteiger partial charge in [-0.2, -0.15) is 0 Å². The van der Waals surface area contributed by atoms with E-state index in [-0.39, 0.29) is 36.1 Å². The number of halogens is 2. The molecule has 0 fully saturated rings. The third-order valence-corrected chi connectivity index (χ3v) is 2.98. The van der Waals surface area contributed by atoms with Gasteiger partial charge in [0.05, 0.1) is 0 Å². The van der Waals surface area contributed by atoms with Gasteiger partial charge >= 0.3 is 0 Å². The minimum Gasteiger partial charge on any atom is -0.355 e. The van der Waals surface area contributed by atoms with Crippen LogP contribution in [0.25, 0.3) is 0 Å². The number of hydrogen-bond donors (Lipinski definition) is 2. The molecule has 1 aromatic rings. The van der Waals surface area contributed by atoms with E-state index in [1.807, 2.05) is 13.8 Å². The second kappa shape index (κ2) is 8.46. The number of ketones is 1. The van der Waals surface area contributed by atoms with Crippen molar-refractivity contribution in [1.29, 1.82) is 0 Å². The van der Waals surface area contributed by atoms with Crippen LogP contribution in [-0.2, 0) is 4.79 Å². The molecule has 0 bridgehead atoms. The summed E-state index contributed by atoms with van der Waals surface area (Å²) in [5.74, 6) is -2.69. The van der Waals surface area contributed by atoms with Gasteiger partial charge in [0, 0.05) is 31.0 Å². The summed E-state index contributed by atoms with van der Waals surface area (Å²) in [6, 6.07) is 3.12. The Kier molecular flexibility index (Phi) is 6.94. The Bertz CT molecular complexity index is 506. The Morgan fingerprint density at radius 3 is 2.52 bits per heavy atom. The Morgan fingerprint density at radius 1 is 1.19 bits per heavy atom. The van der Waals surface area contributed by atoms with Gasteiger partial charge in [-0.3, -0.25) is 9.59 Å². The minimum atomic E-state index is -1.07. The van der Waals surface area contributed by atoms with Gasteiger partial charge in [0.1, 0.15) is 0 Å². The molecule has 0 unspecified atom stereocenters. The predicted molar refractivity (Wildman–Crippen MR) is 76.1 cm³/mol. The monoisotopic (exact) mass is 298 g/mol. The summed E-state index contributed by atoms with van der Waals surface area (Å²) < 4.78 is 25.8. The minimum absolute atomic E-state index is 0.0245. The van der Waals surface area contributed by atoms with Crippen molar-refractivity contribution in [2.45, 2.75) is 32.7 Å². The first kappa shape index (κ1) is 17.2. The molecule has 1 amide bonds. The average molecular weight is 298 g/mol. The number of nitrogens with one attached hydrogen (secondary N) is 2. The Morgan fingerprint density at radius 2 is 1.90 bits per heavy atom. The summed E-state index contributed by atoms with van der Waals surface area (Å²) in [7, 11) is 0. The van der Waals surface area contributed by atoms with Crippen molar-refractivity contribution in [3.63, 3.8) is 0 Å². The first-order valence-electron chi connectivity index (χ1n) is 6.92. The van der Waals surface area contributed by atoms with Crippen LogP contribution in [0.3, 0.4) is 0 Å². The Balaban J connectivity index is 2.38. The summed E-state index contributed by atoms with van der Waals surface area (Å²) in [6.07, 6.45) is -0.0107. The highest BCUT2D eigenvalue weighted by molar-refractivity contribution is 5.97. The van der Waals surface area contributed by atoms with Crippen molar-refractivity contribution in [2.75, 3.05) is 13.1 Å². The summed E-state index contributed by atoms with van der Waals surface area (Å²) in [5.41, 5.74) is 0.0720. The van der Waals surface area contributed by atoms with Gasteiger partial charge in [-0.05, 0) is 31.7 Å². The molecule has 21 heavy (non-hydrogen) atoms. The molecule has 1 rings (SSSR count). The zero-order valence-electron chi connectivity index (χ0n) is 12.2. The lowest BCUT2D eigenvalue weighted by molar-refractivity contribution is -0.121. The zero-order valence-corrected chi connectivity index (χ0v) is 12.2. The SMILES string of the molecule is CCN[C@H](C)CNC(=O)CCC(=O)c1ccc(F)c(F)c1. The normalized spacial score (nSPS) is 12.0. The van der Waals surface area contributed by atoms with Crippen LogP contribution in [0, 0.1) is 11.6 Å². The molecule has 116 valence electrons. The van der Waals surface area contributed by atoms with E-state index in [4.69, 9.17) is 0 Å². The molecule has 1 atom stereocenters. The van der Waals surface area contributed by atoms with Crippen LogP contribution < -0.4 is 10.6 Å². The van der Waals surface area contributed by atoms with Gasteiger partial charge in [-0.25, -0.2) is 8.78 Å². The van der Waals surface area contributed by atoms with Crippen molar-refractivity contribution in [1.82, 2.24) is 10.6 Å². The topological polar surface area (TPSA) is 58.2 Å². The van der Waals surface area contributed by atoms with Gasteiger partial charge in [0.25, 0.3) is 0 Å². The predicted octanol–water partition coefficient (Wildman–Crippen LogP) is 2.04. The highest BCUT2D eigenvalue weighted by Crippen LogP contribution is 2.11. The van der Waals surface area contributed by atoms with Crippen LogP contribution in [-0.4, -0.2) is 30.8 Å². The van der Waals surface area contributed by atoms with Crippen LogP contribution in [0.1, 0.15) is 37.0 Å². The first-order valence-corrected chi connectivity index (χ1v) is 6.92. The maximum Gasteiger partial charge on any atom is 0.220 e. The molecule has 0 aromatic heterocycles. The number of carbonyl (C=O) groups excluding carboxylic acids is 2. The quantitative estimate of drug-likeness (QED) is 0.722. The van der Waals surface area contributed by atoms with Crippen LogP contribution in [0.5, 0.6) is 0 Å². The number of likely N-dealkylation sites (N-methyl/N-ethyl adjacent to an activating group) is 1. The van der Waals surface area contributed by atoms with Crippen molar-refractivity contribution in [2.24, 2.45) is 0 Å². The van der Waals surface area contributed by atoms with Crippen LogP contribution >= 0.6 is 0 Å². The molecule has 0 radical (unpaired) electrons. The van der Waals surface area contributed by atoms with Crippen molar-refractivity contribution < 1.29 is 18.4 Å². The zero-order chi connectivity index (χ0) is 15.8. The van der Waals surface area contributed by atoms with E-state index < -0.39 is 11.6 Å². The van der Waals surface area contributed by atoms with Gasteiger partial charge in [0.2, 0.25) is 5.91 Å². The molecule has 0 aliphatic rings. The van der Waals surface area contributed by atoms with E-state index in [0.717, 1.165) is 18.7 Å². The van der Waals surface area contributed by atoms with Crippen LogP contribution in [0.15, 0.2) is 18.2 Å². The number of hydrogen-bond acceptors (Lipinski definition) is 3. The molecule has 6 heteroatoms. The number of Topliss-reactive ketones (excluding diaryl/α,β-unsaturated/α-hetero) is 1. The van der Waals surface area contributed by atoms with Crippen molar-refractivity contribution in [3.8, 4) is 0 Å². The number of rotatable bonds is 8. The number of amides is 1. The fourth-order valence-corrected chi connectivity index (χ4v) is 1.82. The van der Waals surface area contributed by atoms with Crippen LogP contribution in [0.2, 0.25) is 0 Å². The third kappa shape index (κ3) is 5.99. The molecule has 0 saturated carbocycles. The maximum atomic E-state index is 13.0. The Hall–Kier alpha value is -1.82. The highest BCUT2D eigenvalue weighted by atomic mass is 19.2. The molecule has 4 nitrogen and oxygen atoms in total. The van der Waals surface area contributed by atoms with E-state index in [1.165, 1.54) is 6.07 Å². The van der Waals surface area contributed by atoms with E-state index in [0.29, 0.717) is 6.54 Å². The smallest absolute Gasteiger partial charge is 0.220 e. The van der Waals surface area contributed by atoms with E-state index in [1.54, 1.807) is 0 Å². The van der Waals surface area contributed by atoms with Crippen molar-refractivity contribution in [3.05, 3.63) is 35.4 Å². The molecule has 0 saturated heterocycles. The number of benzene rings is 1. The first-order chi connectivity index (χ1) is 9.93. The van der Waals surface area contributed by atoms with E-state index in [9.17, 15) is 18.4 Å². The summed E-state index contributed by atoms with van der Waals surface area (Å²) in [5, 5.41) is 5.85. The average Bonchev–Trinajstić information content (AvgIpc) is 2.45. The molecular formula is C15H20F2N2O2. The molecule has 0 aliphatic carbocycles. The fraction of sp³-hybridized carbons (Fsp3) is 0.467. The second-order valence-corrected chi connectivity index (χ2v) is 4.81. The molecule has 2 N–H and O–H groups in total. The van der Waals surface area contributed by atoms with Crippen LogP contribution in [0.4, 0.5) is 8.78 Å².